The van der Waals surface area contributed by atoms with E-state index in [2.05, 4.69) is 25.5 Å². The van der Waals surface area contributed by atoms with Gasteiger partial charge in [0.2, 0.25) is 0 Å². The summed E-state index contributed by atoms with van der Waals surface area (Å²) in [5.41, 5.74) is 0.989. The first kappa shape index (κ1) is 16.0. The largest absolute Gasteiger partial charge is 0.351 e. The third-order valence-electron chi connectivity index (χ3n) is 3.80. The van der Waals surface area contributed by atoms with Crippen molar-refractivity contribution in [3.63, 3.8) is 0 Å². The lowest BCUT2D eigenvalue weighted by Crippen LogP contribution is -2.44. The standard InChI is InChI=1S/C16H21N5OS/c22-15(19-4-1-9-21-10-7-18-8-11-21)14-12-20-16(23-14)13-2-5-17-6-3-13/h2-3,5-6,12,18H,1,4,7-11H2,(H,19,22). The van der Waals surface area contributed by atoms with E-state index in [1.54, 1.807) is 18.6 Å². The molecular weight excluding hydrogens is 310 g/mol. The summed E-state index contributed by atoms with van der Waals surface area (Å²) in [7, 11) is 0. The molecule has 23 heavy (non-hydrogen) atoms. The number of hydrogen-bond donors (Lipinski definition) is 2. The van der Waals surface area contributed by atoms with Crippen molar-refractivity contribution >= 4 is 17.2 Å². The van der Waals surface area contributed by atoms with Crippen molar-refractivity contribution in [1.82, 2.24) is 25.5 Å². The van der Waals surface area contributed by atoms with E-state index in [4.69, 9.17) is 0 Å². The number of amides is 1. The number of pyridine rings is 1. The number of nitrogens with zero attached hydrogens (tertiary/aromatic N) is 3. The van der Waals surface area contributed by atoms with Gasteiger partial charge < -0.3 is 15.5 Å². The zero-order valence-electron chi connectivity index (χ0n) is 13.0. The molecule has 0 spiro atoms. The maximum absolute atomic E-state index is 12.2. The molecule has 3 heterocycles. The van der Waals surface area contributed by atoms with Gasteiger partial charge in [-0.2, -0.15) is 0 Å². The summed E-state index contributed by atoms with van der Waals surface area (Å²) >= 11 is 1.41. The third kappa shape index (κ3) is 4.57. The molecule has 7 heteroatoms. The zero-order chi connectivity index (χ0) is 15.9. The Labute approximate surface area is 140 Å². The first-order valence-electron chi connectivity index (χ1n) is 7.90. The number of rotatable bonds is 6. The SMILES string of the molecule is O=C(NCCCN1CCNCC1)c1cnc(-c2ccncc2)s1. The minimum atomic E-state index is -0.0388. The molecule has 0 radical (unpaired) electrons. The van der Waals surface area contributed by atoms with Crippen LogP contribution in [0.15, 0.2) is 30.7 Å². The number of hydrogen-bond acceptors (Lipinski definition) is 6. The van der Waals surface area contributed by atoms with Crippen molar-refractivity contribution in [3.8, 4) is 10.6 Å². The van der Waals surface area contributed by atoms with Crippen LogP contribution < -0.4 is 10.6 Å². The smallest absolute Gasteiger partial charge is 0.263 e. The van der Waals surface area contributed by atoms with Crippen molar-refractivity contribution in [2.75, 3.05) is 39.3 Å². The number of carbonyl (C=O) groups excluding carboxylic acids is 1. The average Bonchev–Trinajstić information content (AvgIpc) is 3.10. The van der Waals surface area contributed by atoms with E-state index in [1.165, 1.54) is 11.3 Å². The van der Waals surface area contributed by atoms with Crippen LogP contribution in [0.1, 0.15) is 16.1 Å². The Hall–Kier alpha value is -1.83. The van der Waals surface area contributed by atoms with Crippen molar-refractivity contribution < 1.29 is 4.79 Å². The Morgan fingerprint density at radius 2 is 2.09 bits per heavy atom. The summed E-state index contributed by atoms with van der Waals surface area (Å²) in [6, 6.07) is 3.79. The van der Waals surface area contributed by atoms with Crippen LogP contribution in [0.5, 0.6) is 0 Å². The van der Waals surface area contributed by atoms with Gasteiger partial charge in [-0.15, -0.1) is 11.3 Å². The number of nitrogens with one attached hydrogen (secondary N) is 2. The summed E-state index contributed by atoms with van der Waals surface area (Å²) in [5, 5.41) is 7.17. The van der Waals surface area contributed by atoms with E-state index in [1.807, 2.05) is 12.1 Å². The van der Waals surface area contributed by atoms with Crippen LogP contribution in [0.4, 0.5) is 0 Å². The van der Waals surface area contributed by atoms with E-state index < -0.39 is 0 Å². The normalized spacial score (nSPS) is 15.5. The van der Waals surface area contributed by atoms with Crippen molar-refractivity contribution in [1.29, 1.82) is 0 Å². The molecule has 2 N–H and O–H groups in total. The van der Waals surface area contributed by atoms with E-state index >= 15 is 0 Å². The molecule has 1 amide bonds. The van der Waals surface area contributed by atoms with E-state index in [0.717, 1.165) is 49.7 Å². The van der Waals surface area contributed by atoms with Crippen LogP contribution in [-0.4, -0.2) is 60.0 Å². The fourth-order valence-corrected chi connectivity index (χ4v) is 3.37. The van der Waals surface area contributed by atoms with Gasteiger partial charge in [0.25, 0.3) is 5.91 Å². The molecule has 0 atom stereocenters. The van der Waals surface area contributed by atoms with Crippen LogP contribution in [0.2, 0.25) is 0 Å². The second kappa shape index (κ2) is 8.14. The number of thiazole rings is 1. The van der Waals surface area contributed by atoms with E-state index in [0.29, 0.717) is 11.4 Å². The molecule has 122 valence electrons. The molecule has 0 aliphatic carbocycles. The van der Waals surface area contributed by atoms with Crippen LogP contribution in [0.3, 0.4) is 0 Å². The molecule has 2 aromatic heterocycles. The summed E-state index contributed by atoms with van der Waals surface area (Å²) in [6.45, 7) is 6.05. The summed E-state index contributed by atoms with van der Waals surface area (Å²) in [4.78, 5) is 23.6. The first-order chi connectivity index (χ1) is 11.3. The zero-order valence-corrected chi connectivity index (χ0v) is 13.8. The molecule has 1 aliphatic rings. The molecule has 1 saturated heterocycles. The molecule has 6 nitrogen and oxygen atoms in total. The van der Waals surface area contributed by atoms with Crippen molar-refractivity contribution in [3.05, 3.63) is 35.6 Å². The van der Waals surface area contributed by atoms with Gasteiger partial charge in [-0.1, -0.05) is 0 Å². The fraction of sp³-hybridized carbons (Fsp3) is 0.438. The molecule has 0 unspecified atom stereocenters. The fourth-order valence-electron chi connectivity index (χ4n) is 2.53. The highest BCUT2D eigenvalue weighted by molar-refractivity contribution is 7.16. The Balaban J connectivity index is 1.44. The lowest BCUT2D eigenvalue weighted by atomic mass is 10.3. The molecule has 2 aromatic rings. The predicted octanol–water partition coefficient (Wildman–Crippen LogP) is 1.23. The monoisotopic (exact) mass is 331 g/mol. The van der Waals surface area contributed by atoms with Gasteiger partial charge >= 0.3 is 0 Å². The van der Waals surface area contributed by atoms with E-state index in [9.17, 15) is 4.79 Å². The number of piperazine rings is 1. The number of carbonyl (C=O) groups is 1. The van der Waals surface area contributed by atoms with Crippen LogP contribution in [0.25, 0.3) is 10.6 Å². The topological polar surface area (TPSA) is 70.2 Å². The molecule has 1 fully saturated rings. The highest BCUT2D eigenvalue weighted by Gasteiger charge is 2.12. The lowest BCUT2D eigenvalue weighted by molar-refractivity contribution is 0.0955. The van der Waals surface area contributed by atoms with Gasteiger partial charge in [-0.3, -0.25) is 9.78 Å². The van der Waals surface area contributed by atoms with Gasteiger partial charge in [0.15, 0.2) is 0 Å². The van der Waals surface area contributed by atoms with Crippen LogP contribution in [-0.2, 0) is 0 Å². The second-order valence-corrected chi connectivity index (χ2v) is 6.50. The number of aromatic nitrogens is 2. The Kier molecular flexibility index (Phi) is 5.68. The van der Waals surface area contributed by atoms with Gasteiger partial charge in [0, 0.05) is 50.7 Å². The van der Waals surface area contributed by atoms with Crippen LogP contribution >= 0.6 is 11.3 Å². The molecular formula is C16H21N5OS. The highest BCUT2D eigenvalue weighted by Crippen LogP contribution is 2.24. The third-order valence-corrected chi connectivity index (χ3v) is 4.85. The molecule has 0 bridgehead atoms. The first-order valence-corrected chi connectivity index (χ1v) is 8.72. The van der Waals surface area contributed by atoms with Gasteiger partial charge in [0.1, 0.15) is 9.88 Å². The van der Waals surface area contributed by atoms with Crippen molar-refractivity contribution in [2.24, 2.45) is 0 Å². The molecule has 0 aromatic carbocycles. The quantitative estimate of drug-likeness (QED) is 0.779. The van der Waals surface area contributed by atoms with Crippen molar-refractivity contribution in [2.45, 2.75) is 6.42 Å². The minimum Gasteiger partial charge on any atom is -0.351 e. The Bertz CT molecular complexity index is 624. The molecule has 0 saturated carbocycles. The van der Waals surface area contributed by atoms with Gasteiger partial charge in [0.05, 0.1) is 6.20 Å². The Morgan fingerprint density at radius 1 is 1.30 bits per heavy atom. The predicted molar refractivity (Wildman–Crippen MR) is 91.6 cm³/mol. The minimum absolute atomic E-state index is 0.0388. The lowest BCUT2D eigenvalue weighted by Gasteiger charge is -2.26. The maximum Gasteiger partial charge on any atom is 0.263 e. The highest BCUT2D eigenvalue weighted by atomic mass is 32.1. The van der Waals surface area contributed by atoms with Gasteiger partial charge in [-0.25, -0.2) is 4.98 Å². The molecule has 3 rings (SSSR count). The van der Waals surface area contributed by atoms with Gasteiger partial charge in [-0.05, 0) is 25.1 Å². The maximum atomic E-state index is 12.2. The summed E-state index contributed by atoms with van der Waals surface area (Å²) in [6.07, 6.45) is 6.08. The Morgan fingerprint density at radius 3 is 2.87 bits per heavy atom. The van der Waals surface area contributed by atoms with Crippen LogP contribution in [0, 0.1) is 0 Å². The summed E-state index contributed by atoms with van der Waals surface area (Å²) < 4.78 is 0. The average molecular weight is 331 g/mol. The van der Waals surface area contributed by atoms with E-state index in [-0.39, 0.29) is 5.91 Å². The second-order valence-electron chi connectivity index (χ2n) is 5.47. The summed E-state index contributed by atoms with van der Waals surface area (Å²) in [5.74, 6) is -0.0388. The molecule has 1 aliphatic heterocycles.